The highest BCUT2D eigenvalue weighted by atomic mass is 19.1. The van der Waals surface area contributed by atoms with Crippen LogP contribution in [0.15, 0.2) is 71.8 Å². The predicted octanol–water partition coefficient (Wildman–Crippen LogP) is 3.74. The molecule has 0 saturated heterocycles. The molecule has 0 radical (unpaired) electrons. The van der Waals surface area contributed by atoms with Crippen molar-refractivity contribution in [1.29, 1.82) is 0 Å². The van der Waals surface area contributed by atoms with Crippen molar-refractivity contribution in [3.05, 3.63) is 83.2 Å². The lowest BCUT2D eigenvalue weighted by Crippen LogP contribution is -2.36. The van der Waals surface area contributed by atoms with Crippen molar-refractivity contribution < 1.29 is 9.18 Å². The fourth-order valence-corrected chi connectivity index (χ4v) is 3.32. The van der Waals surface area contributed by atoms with Crippen LogP contribution in [0.25, 0.3) is 21.7 Å². The summed E-state index contributed by atoms with van der Waals surface area (Å²) in [7, 11) is 0. The van der Waals surface area contributed by atoms with Crippen molar-refractivity contribution in [2.75, 3.05) is 11.4 Å². The SMILES string of the molecule is CCN(C(=O)Cn1cnc2ccc(F)cc2c1=O)c1ccc2ccccc2c1. The van der Waals surface area contributed by atoms with E-state index in [1.54, 1.807) is 4.90 Å². The standard InChI is InChI=1S/C22H18FN3O2/c1-2-26(18-9-7-15-5-3-4-6-16(15)11-18)21(27)13-25-14-24-20-10-8-17(23)12-19(20)22(25)28/h3-12,14H,2,13H2,1H3. The number of benzene rings is 3. The number of nitrogens with zero attached hydrogens (tertiary/aromatic N) is 3. The molecule has 5 nitrogen and oxygen atoms in total. The molecule has 0 fully saturated rings. The van der Waals surface area contributed by atoms with Crippen molar-refractivity contribution in [1.82, 2.24) is 9.55 Å². The molecule has 0 aliphatic heterocycles. The van der Waals surface area contributed by atoms with Crippen LogP contribution in [-0.2, 0) is 11.3 Å². The van der Waals surface area contributed by atoms with Gasteiger partial charge in [0.25, 0.3) is 5.56 Å². The molecule has 0 aliphatic rings. The summed E-state index contributed by atoms with van der Waals surface area (Å²) in [5, 5.41) is 2.28. The number of likely N-dealkylation sites (N-methyl/N-ethyl adjacent to an activating group) is 1. The largest absolute Gasteiger partial charge is 0.311 e. The number of hydrogen-bond acceptors (Lipinski definition) is 3. The molecule has 0 atom stereocenters. The van der Waals surface area contributed by atoms with Gasteiger partial charge in [-0.1, -0.05) is 30.3 Å². The fourth-order valence-electron chi connectivity index (χ4n) is 3.32. The number of rotatable bonds is 4. The maximum Gasteiger partial charge on any atom is 0.261 e. The molecule has 140 valence electrons. The second kappa shape index (κ2) is 7.23. The first-order valence-electron chi connectivity index (χ1n) is 9.00. The molecule has 4 aromatic rings. The maximum atomic E-state index is 13.5. The predicted molar refractivity (Wildman–Crippen MR) is 108 cm³/mol. The zero-order valence-corrected chi connectivity index (χ0v) is 15.3. The van der Waals surface area contributed by atoms with E-state index in [0.29, 0.717) is 12.1 Å². The summed E-state index contributed by atoms with van der Waals surface area (Å²) < 4.78 is 14.7. The molecule has 1 aromatic heterocycles. The molecule has 0 N–H and O–H groups in total. The van der Waals surface area contributed by atoms with E-state index in [0.717, 1.165) is 22.5 Å². The number of halogens is 1. The van der Waals surface area contributed by atoms with Gasteiger partial charge in [-0.25, -0.2) is 9.37 Å². The first-order chi connectivity index (χ1) is 13.6. The summed E-state index contributed by atoms with van der Waals surface area (Å²) in [4.78, 5) is 31.3. The molecule has 6 heteroatoms. The zero-order chi connectivity index (χ0) is 19.7. The van der Waals surface area contributed by atoms with Gasteiger partial charge in [-0.3, -0.25) is 14.2 Å². The van der Waals surface area contributed by atoms with Gasteiger partial charge in [0.05, 0.1) is 17.2 Å². The van der Waals surface area contributed by atoms with E-state index in [4.69, 9.17) is 0 Å². The van der Waals surface area contributed by atoms with Gasteiger partial charge >= 0.3 is 0 Å². The maximum absolute atomic E-state index is 13.5. The summed E-state index contributed by atoms with van der Waals surface area (Å²) in [6, 6.07) is 17.6. The van der Waals surface area contributed by atoms with Gasteiger partial charge in [0.1, 0.15) is 12.4 Å². The van der Waals surface area contributed by atoms with Gasteiger partial charge in [-0.05, 0) is 48.0 Å². The van der Waals surface area contributed by atoms with Crippen LogP contribution in [0, 0.1) is 5.82 Å². The Bertz CT molecular complexity index is 1250. The van der Waals surface area contributed by atoms with Crippen LogP contribution in [0.4, 0.5) is 10.1 Å². The molecular weight excluding hydrogens is 357 g/mol. The first-order valence-corrected chi connectivity index (χ1v) is 9.00. The van der Waals surface area contributed by atoms with Gasteiger partial charge in [-0.2, -0.15) is 0 Å². The Morgan fingerprint density at radius 3 is 2.64 bits per heavy atom. The van der Waals surface area contributed by atoms with E-state index in [1.165, 1.54) is 23.0 Å². The topological polar surface area (TPSA) is 55.2 Å². The summed E-state index contributed by atoms with van der Waals surface area (Å²) in [6.07, 6.45) is 1.33. The minimum absolute atomic E-state index is 0.157. The summed E-state index contributed by atoms with van der Waals surface area (Å²) >= 11 is 0. The Kier molecular flexibility index (Phi) is 4.61. The summed E-state index contributed by atoms with van der Waals surface area (Å²) in [5.74, 6) is -0.751. The van der Waals surface area contributed by atoms with Crippen LogP contribution in [0.2, 0.25) is 0 Å². The number of amides is 1. The third-order valence-corrected chi connectivity index (χ3v) is 4.75. The molecule has 0 spiro atoms. The Morgan fingerprint density at radius 2 is 1.86 bits per heavy atom. The van der Waals surface area contributed by atoms with Crippen molar-refractivity contribution in [3.63, 3.8) is 0 Å². The van der Waals surface area contributed by atoms with E-state index in [1.807, 2.05) is 49.4 Å². The number of carbonyl (C=O) groups excluding carboxylic acids is 1. The van der Waals surface area contributed by atoms with Gasteiger partial charge in [0.15, 0.2) is 0 Å². The third kappa shape index (κ3) is 3.24. The lowest BCUT2D eigenvalue weighted by molar-refractivity contribution is -0.119. The lowest BCUT2D eigenvalue weighted by atomic mass is 10.1. The highest BCUT2D eigenvalue weighted by Gasteiger charge is 2.16. The van der Waals surface area contributed by atoms with E-state index < -0.39 is 11.4 Å². The lowest BCUT2D eigenvalue weighted by Gasteiger charge is -2.22. The second-order valence-corrected chi connectivity index (χ2v) is 6.51. The number of anilines is 1. The smallest absolute Gasteiger partial charge is 0.261 e. The number of fused-ring (bicyclic) bond motifs is 2. The Morgan fingerprint density at radius 1 is 1.07 bits per heavy atom. The van der Waals surface area contributed by atoms with Gasteiger partial charge in [0, 0.05) is 12.2 Å². The summed E-state index contributed by atoms with van der Waals surface area (Å²) in [5.41, 5.74) is 0.725. The van der Waals surface area contributed by atoms with Crippen molar-refractivity contribution in [2.45, 2.75) is 13.5 Å². The minimum atomic E-state index is -0.512. The molecule has 28 heavy (non-hydrogen) atoms. The first kappa shape index (κ1) is 17.9. The fraction of sp³-hybridized carbons (Fsp3) is 0.136. The van der Waals surface area contributed by atoms with E-state index in [2.05, 4.69) is 4.98 Å². The van der Waals surface area contributed by atoms with Crippen LogP contribution in [0.1, 0.15) is 6.92 Å². The Balaban J connectivity index is 1.66. The molecule has 0 unspecified atom stereocenters. The molecule has 1 heterocycles. The molecule has 3 aromatic carbocycles. The van der Waals surface area contributed by atoms with E-state index in [9.17, 15) is 14.0 Å². The van der Waals surface area contributed by atoms with Crippen LogP contribution >= 0.6 is 0 Å². The molecule has 0 bridgehead atoms. The Hall–Kier alpha value is -3.54. The molecule has 1 amide bonds. The quantitative estimate of drug-likeness (QED) is 0.546. The number of carbonyl (C=O) groups is 1. The molecule has 4 rings (SSSR count). The average Bonchev–Trinajstić information content (AvgIpc) is 2.71. The van der Waals surface area contributed by atoms with Gasteiger partial charge in [-0.15, -0.1) is 0 Å². The van der Waals surface area contributed by atoms with Gasteiger partial charge in [0.2, 0.25) is 5.91 Å². The highest BCUT2D eigenvalue weighted by Crippen LogP contribution is 2.22. The Labute approximate surface area is 160 Å². The highest BCUT2D eigenvalue weighted by molar-refractivity contribution is 5.96. The van der Waals surface area contributed by atoms with Crippen LogP contribution in [0.3, 0.4) is 0 Å². The van der Waals surface area contributed by atoms with Crippen LogP contribution in [0.5, 0.6) is 0 Å². The van der Waals surface area contributed by atoms with Gasteiger partial charge < -0.3 is 4.90 Å². The van der Waals surface area contributed by atoms with Crippen LogP contribution in [-0.4, -0.2) is 22.0 Å². The van der Waals surface area contributed by atoms with Crippen molar-refractivity contribution >= 4 is 33.3 Å². The normalized spacial score (nSPS) is 11.1. The average molecular weight is 375 g/mol. The van der Waals surface area contributed by atoms with Crippen molar-refractivity contribution in [2.24, 2.45) is 0 Å². The monoisotopic (exact) mass is 375 g/mol. The molecular formula is C22H18FN3O2. The van der Waals surface area contributed by atoms with E-state index >= 15 is 0 Å². The van der Waals surface area contributed by atoms with Crippen molar-refractivity contribution in [3.8, 4) is 0 Å². The molecule has 0 aliphatic carbocycles. The molecule has 0 saturated carbocycles. The van der Waals surface area contributed by atoms with E-state index in [-0.39, 0.29) is 17.8 Å². The van der Waals surface area contributed by atoms with Crippen LogP contribution < -0.4 is 10.5 Å². The zero-order valence-electron chi connectivity index (χ0n) is 15.3. The minimum Gasteiger partial charge on any atom is -0.311 e. The number of aromatic nitrogens is 2. The number of hydrogen-bond donors (Lipinski definition) is 0. The second-order valence-electron chi connectivity index (χ2n) is 6.51. The summed E-state index contributed by atoms with van der Waals surface area (Å²) in [6.45, 7) is 2.17. The third-order valence-electron chi connectivity index (χ3n) is 4.75.